The number of nitrogens with one attached hydrogen (secondary N) is 2. The Kier molecular flexibility index (Phi) is 8.17. The minimum atomic E-state index is -1.10. The van der Waals surface area contributed by atoms with Crippen LogP contribution in [0.25, 0.3) is 0 Å². The van der Waals surface area contributed by atoms with Crippen molar-refractivity contribution in [2.45, 2.75) is 39.8 Å². The summed E-state index contributed by atoms with van der Waals surface area (Å²) in [5.74, 6) is 1.18. The van der Waals surface area contributed by atoms with E-state index in [0.29, 0.717) is 24.8 Å². The molecule has 0 aliphatic rings. The summed E-state index contributed by atoms with van der Waals surface area (Å²) in [6.45, 7) is 9.31. The van der Waals surface area contributed by atoms with Gasteiger partial charge < -0.3 is 20.2 Å². The molecule has 0 aliphatic heterocycles. The maximum Gasteiger partial charge on any atom is 0.191 e. The first kappa shape index (κ1) is 20.9. The third-order valence-corrected chi connectivity index (χ3v) is 4.43. The van der Waals surface area contributed by atoms with Gasteiger partial charge in [0, 0.05) is 11.4 Å². The number of nitrogens with zero attached hydrogens (tertiary/aromatic N) is 2. The van der Waals surface area contributed by atoms with Crippen molar-refractivity contribution < 1.29 is 9.52 Å². The van der Waals surface area contributed by atoms with Gasteiger partial charge in [-0.1, -0.05) is 0 Å². The van der Waals surface area contributed by atoms with Gasteiger partial charge in [-0.15, -0.1) is 35.3 Å². The lowest BCUT2D eigenvalue weighted by atomic mass is 10.0. The lowest BCUT2D eigenvalue weighted by Crippen LogP contribution is -2.44. The molecule has 1 unspecified atom stereocenters. The number of hydrogen-bond donors (Lipinski definition) is 3. The molecule has 0 amide bonds. The quantitative estimate of drug-likeness (QED) is 0.348. The Morgan fingerprint density at radius 1 is 1.42 bits per heavy atom. The number of halogens is 1. The van der Waals surface area contributed by atoms with Gasteiger partial charge in [-0.05, 0) is 39.8 Å². The first-order valence-electron chi connectivity index (χ1n) is 7.64. The number of hydrogen-bond acceptors (Lipinski definition) is 5. The van der Waals surface area contributed by atoms with Crippen LogP contribution >= 0.6 is 35.3 Å². The predicted molar refractivity (Wildman–Crippen MR) is 108 cm³/mol. The first-order chi connectivity index (χ1) is 10.9. The molecule has 6 nitrogen and oxygen atoms in total. The topological polar surface area (TPSA) is 82.7 Å². The highest BCUT2D eigenvalue weighted by atomic mass is 127. The van der Waals surface area contributed by atoms with E-state index < -0.39 is 5.60 Å². The van der Waals surface area contributed by atoms with Gasteiger partial charge in [0.1, 0.15) is 11.4 Å². The number of rotatable bonds is 6. The van der Waals surface area contributed by atoms with E-state index in [1.54, 1.807) is 36.7 Å². The summed E-state index contributed by atoms with van der Waals surface area (Å²) in [5.41, 5.74) is -0.0777. The van der Waals surface area contributed by atoms with Crippen molar-refractivity contribution >= 4 is 41.3 Å². The van der Waals surface area contributed by atoms with Gasteiger partial charge in [0.15, 0.2) is 5.96 Å². The standard InChI is InChI=1S/C16H24N4O2S.HI/c1-5-17-15(18-9-13-11(2)20-12(3)23-13)19-10-16(4,21)14-7-6-8-22-14;/h6-8,21H,5,9-10H2,1-4H3,(H2,17,18,19);1H. The summed E-state index contributed by atoms with van der Waals surface area (Å²) >= 11 is 1.66. The van der Waals surface area contributed by atoms with Crippen LogP contribution in [0.1, 0.15) is 35.2 Å². The Morgan fingerprint density at radius 3 is 2.71 bits per heavy atom. The minimum absolute atomic E-state index is 0. The highest BCUT2D eigenvalue weighted by Gasteiger charge is 2.26. The maximum atomic E-state index is 10.5. The second-order valence-electron chi connectivity index (χ2n) is 5.54. The molecule has 2 aromatic heterocycles. The van der Waals surface area contributed by atoms with Crippen LogP contribution in [-0.4, -0.2) is 29.1 Å². The molecule has 0 saturated carbocycles. The SMILES string of the molecule is CCNC(=NCc1sc(C)nc1C)NCC(C)(O)c1ccco1.I. The van der Waals surface area contributed by atoms with Crippen LogP contribution in [0, 0.1) is 13.8 Å². The Labute approximate surface area is 163 Å². The summed E-state index contributed by atoms with van der Waals surface area (Å²) in [4.78, 5) is 10.1. The van der Waals surface area contributed by atoms with Crippen LogP contribution < -0.4 is 10.6 Å². The van der Waals surface area contributed by atoms with Crippen LogP contribution in [0.5, 0.6) is 0 Å². The second kappa shape index (κ2) is 9.38. The smallest absolute Gasteiger partial charge is 0.191 e. The van der Waals surface area contributed by atoms with Crippen molar-refractivity contribution in [1.29, 1.82) is 0 Å². The van der Waals surface area contributed by atoms with Crippen molar-refractivity contribution in [3.8, 4) is 0 Å². The van der Waals surface area contributed by atoms with Crippen LogP contribution in [0.15, 0.2) is 27.8 Å². The normalized spacial score (nSPS) is 14.0. The number of aliphatic hydroxyl groups is 1. The predicted octanol–water partition coefficient (Wildman–Crippen LogP) is 2.93. The van der Waals surface area contributed by atoms with E-state index in [0.717, 1.165) is 22.1 Å². The van der Waals surface area contributed by atoms with E-state index in [9.17, 15) is 5.11 Å². The number of furan rings is 1. The summed E-state index contributed by atoms with van der Waals surface area (Å²) < 4.78 is 5.28. The summed E-state index contributed by atoms with van der Waals surface area (Å²) in [6.07, 6.45) is 1.55. The Morgan fingerprint density at radius 2 is 2.17 bits per heavy atom. The van der Waals surface area contributed by atoms with Crippen LogP contribution in [-0.2, 0) is 12.1 Å². The molecule has 0 aliphatic carbocycles. The molecular formula is C16H25IN4O2S. The lowest BCUT2D eigenvalue weighted by molar-refractivity contribution is 0.0386. The van der Waals surface area contributed by atoms with E-state index in [1.807, 2.05) is 20.8 Å². The number of thiazole rings is 1. The molecule has 2 aromatic rings. The van der Waals surface area contributed by atoms with Crippen molar-refractivity contribution in [2.75, 3.05) is 13.1 Å². The van der Waals surface area contributed by atoms with Crippen molar-refractivity contribution in [1.82, 2.24) is 15.6 Å². The van der Waals surface area contributed by atoms with E-state index in [1.165, 1.54) is 0 Å². The van der Waals surface area contributed by atoms with E-state index in [4.69, 9.17) is 4.42 Å². The fourth-order valence-electron chi connectivity index (χ4n) is 2.14. The van der Waals surface area contributed by atoms with Crippen molar-refractivity contribution in [2.24, 2.45) is 4.99 Å². The molecule has 2 heterocycles. The van der Waals surface area contributed by atoms with E-state index >= 15 is 0 Å². The Balaban J connectivity index is 0.00000288. The van der Waals surface area contributed by atoms with Gasteiger partial charge in [-0.2, -0.15) is 0 Å². The zero-order valence-electron chi connectivity index (χ0n) is 14.4. The minimum Gasteiger partial charge on any atom is -0.466 e. The molecular weight excluding hydrogens is 439 g/mol. The van der Waals surface area contributed by atoms with Crippen LogP contribution in [0.4, 0.5) is 0 Å². The zero-order valence-corrected chi connectivity index (χ0v) is 17.6. The van der Waals surface area contributed by atoms with Gasteiger partial charge in [-0.25, -0.2) is 9.98 Å². The second-order valence-corrected chi connectivity index (χ2v) is 6.83. The molecule has 0 spiro atoms. The summed E-state index contributed by atoms with van der Waals surface area (Å²) in [6, 6.07) is 3.52. The zero-order chi connectivity index (χ0) is 16.9. The number of aliphatic imine (C=N–C) groups is 1. The largest absolute Gasteiger partial charge is 0.466 e. The van der Waals surface area contributed by atoms with E-state index in [2.05, 4.69) is 20.6 Å². The molecule has 8 heteroatoms. The van der Waals surface area contributed by atoms with Crippen LogP contribution in [0.2, 0.25) is 0 Å². The molecule has 134 valence electrons. The highest BCUT2D eigenvalue weighted by molar-refractivity contribution is 14.0. The van der Waals surface area contributed by atoms with Gasteiger partial charge >= 0.3 is 0 Å². The molecule has 3 N–H and O–H groups in total. The van der Waals surface area contributed by atoms with Gasteiger partial charge in [0.05, 0.1) is 30.1 Å². The number of aryl methyl sites for hydroxylation is 2. The fraction of sp³-hybridized carbons (Fsp3) is 0.500. The molecule has 1 atom stereocenters. The summed E-state index contributed by atoms with van der Waals surface area (Å²) in [7, 11) is 0. The molecule has 0 radical (unpaired) electrons. The number of guanidine groups is 1. The van der Waals surface area contributed by atoms with Crippen molar-refractivity contribution in [3.05, 3.63) is 39.7 Å². The maximum absolute atomic E-state index is 10.5. The number of aromatic nitrogens is 1. The lowest BCUT2D eigenvalue weighted by Gasteiger charge is -2.22. The molecule has 0 fully saturated rings. The van der Waals surface area contributed by atoms with Gasteiger partial charge in [-0.3, -0.25) is 0 Å². The molecule has 0 saturated heterocycles. The third kappa shape index (κ3) is 5.75. The van der Waals surface area contributed by atoms with Crippen molar-refractivity contribution in [3.63, 3.8) is 0 Å². The average molecular weight is 464 g/mol. The molecule has 0 bridgehead atoms. The Bertz CT molecular complexity index is 653. The molecule has 0 aromatic carbocycles. The van der Waals surface area contributed by atoms with Crippen LogP contribution in [0.3, 0.4) is 0 Å². The average Bonchev–Trinajstić information content (AvgIpc) is 3.12. The van der Waals surface area contributed by atoms with Gasteiger partial charge in [0.2, 0.25) is 0 Å². The molecule has 24 heavy (non-hydrogen) atoms. The first-order valence-corrected chi connectivity index (χ1v) is 8.45. The van der Waals surface area contributed by atoms with Gasteiger partial charge in [0.25, 0.3) is 0 Å². The fourth-order valence-corrected chi connectivity index (χ4v) is 3.00. The summed E-state index contributed by atoms with van der Waals surface area (Å²) in [5, 5.41) is 17.9. The monoisotopic (exact) mass is 464 g/mol. The Hall–Kier alpha value is -1.13. The third-order valence-electron chi connectivity index (χ3n) is 3.38. The molecule has 2 rings (SSSR count). The highest BCUT2D eigenvalue weighted by Crippen LogP contribution is 2.20. The van der Waals surface area contributed by atoms with E-state index in [-0.39, 0.29) is 24.0 Å².